The molecular weight excluding hydrogens is 478 g/mol. The van der Waals surface area contributed by atoms with Gasteiger partial charge in [0.2, 0.25) is 5.91 Å². The van der Waals surface area contributed by atoms with Gasteiger partial charge in [0, 0.05) is 13.1 Å². The predicted molar refractivity (Wildman–Crippen MR) is 132 cm³/mol. The van der Waals surface area contributed by atoms with Crippen LogP contribution in [-0.4, -0.2) is 94.2 Å². The highest BCUT2D eigenvalue weighted by molar-refractivity contribution is 5.93. The fourth-order valence-corrected chi connectivity index (χ4v) is 4.59. The van der Waals surface area contributed by atoms with Gasteiger partial charge in [0.25, 0.3) is 11.8 Å². The summed E-state index contributed by atoms with van der Waals surface area (Å²) in [5.41, 5.74) is 1.90. The second kappa shape index (κ2) is 12.0. The molecule has 2 aliphatic rings. The number of hydrazine groups is 1. The number of hydrogen-bond acceptors (Lipinski definition) is 7. The first-order chi connectivity index (χ1) is 17.8. The summed E-state index contributed by atoms with van der Waals surface area (Å²) in [6.07, 6.45) is -1.47. The number of likely N-dealkylation sites (N-methyl/N-ethyl adjacent to an activating group) is 1. The highest BCUT2D eigenvalue weighted by Gasteiger charge is 2.51. The number of aliphatic carboxylic acids is 1. The van der Waals surface area contributed by atoms with Crippen LogP contribution in [0, 0.1) is 0 Å². The fourth-order valence-electron chi connectivity index (χ4n) is 4.59. The summed E-state index contributed by atoms with van der Waals surface area (Å²) < 4.78 is 5.73. The van der Waals surface area contributed by atoms with E-state index in [4.69, 9.17) is 4.74 Å². The molecule has 11 nitrogen and oxygen atoms in total. The minimum absolute atomic E-state index is 0.0524. The number of rotatable bonds is 10. The van der Waals surface area contributed by atoms with E-state index < -0.39 is 36.4 Å². The Hall–Kier alpha value is -3.80. The van der Waals surface area contributed by atoms with E-state index in [0.717, 1.165) is 16.1 Å². The number of hydrogen-bond donors (Lipinski definition) is 2. The smallest absolute Gasteiger partial charge is 0.306 e. The van der Waals surface area contributed by atoms with Crippen molar-refractivity contribution in [1.29, 1.82) is 0 Å². The van der Waals surface area contributed by atoms with Crippen molar-refractivity contribution < 1.29 is 29.0 Å². The molecule has 2 fully saturated rings. The number of benzene rings is 2. The van der Waals surface area contributed by atoms with Gasteiger partial charge in [-0.3, -0.25) is 29.1 Å². The van der Waals surface area contributed by atoms with Gasteiger partial charge >= 0.3 is 5.97 Å². The van der Waals surface area contributed by atoms with Gasteiger partial charge in [0.15, 0.2) is 6.17 Å². The van der Waals surface area contributed by atoms with Crippen LogP contribution in [0.5, 0.6) is 0 Å². The van der Waals surface area contributed by atoms with Gasteiger partial charge in [-0.2, -0.15) is 5.01 Å². The maximum absolute atomic E-state index is 13.3. The van der Waals surface area contributed by atoms with Gasteiger partial charge < -0.3 is 20.1 Å². The topological polar surface area (TPSA) is 123 Å². The molecule has 2 heterocycles. The van der Waals surface area contributed by atoms with Crippen LogP contribution in [0.1, 0.15) is 17.5 Å². The standard InChI is InChI=1S/C26H31N5O6/c1-28-16-22(32)31-21(14-23(33)34)26(36)29(12-13-37-17-20-10-6-3-7-11-20)18-30(31)25(28)24(35)27-15-19-8-4-2-5-9-19/h2-11,21,25H,12-18H2,1H3,(H,27,35)(H,33,34)/t21-,25?/m0/s1. The largest absolute Gasteiger partial charge is 0.481 e. The molecule has 11 heteroatoms. The Labute approximate surface area is 215 Å². The first-order valence-electron chi connectivity index (χ1n) is 12.1. The Morgan fingerprint density at radius 3 is 2.32 bits per heavy atom. The highest BCUT2D eigenvalue weighted by Crippen LogP contribution is 2.26. The van der Waals surface area contributed by atoms with Gasteiger partial charge in [-0.25, -0.2) is 0 Å². The molecule has 2 atom stereocenters. The first-order valence-corrected chi connectivity index (χ1v) is 12.1. The van der Waals surface area contributed by atoms with Crippen LogP contribution in [-0.2, 0) is 37.1 Å². The average molecular weight is 510 g/mol. The Balaban J connectivity index is 1.49. The molecule has 0 bridgehead atoms. The van der Waals surface area contributed by atoms with Gasteiger partial charge in [-0.1, -0.05) is 60.7 Å². The van der Waals surface area contributed by atoms with Crippen LogP contribution in [0.15, 0.2) is 60.7 Å². The number of carbonyl (C=O) groups is 4. The number of nitrogens with zero attached hydrogens (tertiary/aromatic N) is 4. The van der Waals surface area contributed by atoms with Crippen LogP contribution in [0.25, 0.3) is 0 Å². The molecule has 0 radical (unpaired) electrons. The number of carboxylic acid groups (broad SMARTS) is 1. The summed E-state index contributed by atoms with van der Waals surface area (Å²) >= 11 is 0. The fraction of sp³-hybridized carbons (Fsp3) is 0.385. The Kier molecular flexibility index (Phi) is 8.49. The van der Waals surface area contributed by atoms with E-state index in [-0.39, 0.29) is 32.3 Å². The number of carbonyl (C=O) groups excluding carboxylic acids is 3. The molecule has 3 amide bonds. The number of nitrogens with one attached hydrogen (secondary N) is 1. The monoisotopic (exact) mass is 509 g/mol. The molecule has 0 spiro atoms. The second-order valence-electron chi connectivity index (χ2n) is 9.06. The van der Waals surface area contributed by atoms with Crippen molar-refractivity contribution in [3.8, 4) is 0 Å². The maximum Gasteiger partial charge on any atom is 0.306 e. The molecular formula is C26H31N5O6. The maximum atomic E-state index is 13.3. The lowest BCUT2D eigenvalue weighted by molar-refractivity contribution is -0.220. The van der Waals surface area contributed by atoms with Crippen LogP contribution in [0.2, 0.25) is 0 Å². The van der Waals surface area contributed by atoms with Crippen molar-refractivity contribution in [1.82, 2.24) is 25.1 Å². The Bertz CT molecular complexity index is 1110. The molecule has 1 unspecified atom stereocenters. The van der Waals surface area contributed by atoms with Crippen LogP contribution in [0.4, 0.5) is 0 Å². The number of ether oxygens (including phenoxy) is 1. The van der Waals surface area contributed by atoms with E-state index in [1.54, 1.807) is 11.9 Å². The lowest BCUT2D eigenvalue weighted by Gasteiger charge is -2.54. The minimum Gasteiger partial charge on any atom is -0.481 e. The zero-order valence-corrected chi connectivity index (χ0v) is 20.7. The molecule has 0 aliphatic carbocycles. The van der Waals surface area contributed by atoms with Crippen molar-refractivity contribution >= 4 is 23.7 Å². The summed E-state index contributed by atoms with van der Waals surface area (Å²) in [5, 5.41) is 15.0. The van der Waals surface area contributed by atoms with Crippen molar-refractivity contribution in [2.45, 2.75) is 31.8 Å². The quantitative estimate of drug-likeness (QED) is 0.444. The molecule has 4 rings (SSSR count). The van der Waals surface area contributed by atoms with E-state index >= 15 is 0 Å². The lowest BCUT2D eigenvalue weighted by atomic mass is 10.1. The van der Waals surface area contributed by atoms with E-state index in [1.165, 1.54) is 9.91 Å². The van der Waals surface area contributed by atoms with E-state index in [0.29, 0.717) is 13.2 Å². The summed E-state index contributed by atoms with van der Waals surface area (Å²) in [7, 11) is 1.65. The zero-order valence-electron chi connectivity index (χ0n) is 20.7. The third kappa shape index (κ3) is 6.31. The van der Waals surface area contributed by atoms with Crippen LogP contribution >= 0.6 is 0 Å². The molecule has 2 N–H and O–H groups in total. The third-order valence-electron chi connectivity index (χ3n) is 6.35. The number of carboxylic acids is 1. The SMILES string of the molecule is CN1CC(=O)N2[C@@H](CC(=O)O)C(=O)N(CCOCc3ccccc3)CN2C1C(=O)NCc1ccccc1. The first kappa shape index (κ1) is 26.3. The molecule has 2 aromatic carbocycles. The summed E-state index contributed by atoms with van der Waals surface area (Å²) in [4.78, 5) is 54.2. The van der Waals surface area contributed by atoms with Crippen molar-refractivity contribution in [3.63, 3.8) is 0 Å². The van der Waals surface area contributed by atoms with Crippen LogP contribution < -0.4 is 5.32 Å². The van der Waals surface area contributed by atoms with E-state index in [2.05, 4.69) is 5.32 Å². The Morgan fingerprint density at radius 2 is 1.68 bits per heavy atom. The Morgan fingerprint density at radius 1 is 1.03 bits per heavy atom. The predicted octanol–water partition coefficient (Wildman–Crippen LogP) is 0.480. The van der Waals surface area contributed by atoms with Crippen LogP contribution in [0.3, 0.4) is 0 Å². The highest BCUT2D eigenvalue weighted by atomic mass is 16.5. The summed E-state index contributed by atoms with van der Waals surface area (Å²) in [6.45, 7) is 0.876. The zero-order chi connectivity index (χ0) is 26.4. The molecule has 0 aromatic heterocycles. The normalized spacial score (nSPS) is 20.6. The van der Waals surface area contributed by atoms with Crippen molar-refractivity contribution in [2.75, 3.05) is 33.4 Å². The number of fused-ring (bicyclic) bond motifs is 1. The van der Waals surface area contributed by atoms with Gasteiger partial charge in [-0.05, 0) is 18.2 Å². The average Bonchev–Trinajstić information content (AvgIpc) is 2.88. The molecule has 0 saturated carbocycles. The molecule has 37 heavy (non-hydrogen) atoms. The van der Waals surface area contributed by atoms with E-state index in [1.807, 2.05) is 60.7 Å². The van der Waals surface area contributed by atoms with E-state index in [9.17, 15) is 24.3 Å². The molecule has 2 saturated heterocycles. The molecule has 2 aromatic rings. The molecule has 2 aliphatic heterocycles. The van der Waals surface area contributed by atoms with Gasteiger partial charge in [0.05, 0.1) is 32.8 Å². The van der Waals surface area contributed by atoms with Gasteiger partial charge in [-0.15, -0.1) is 0 Å². The lowest BCUT2D eigenvalue weighted by Crippen LogP contribution is -2.76. The summed E-state index contributed by atoms with van der Waals surface area (Å²) in [6, 6.07) is 17.8. The van der Waals surface area contributed by atoms with Gasteiger partial charge in [0.1, 0.15) is 6.04 Å². The summed E-state index contributed by atoms with van der Waals surface area (Å²) in [5.74, 6) is -2.48. The van der Waals surface area contributed by atoms with Crippen molar-refractivity contribution in [3.05, 3.63) is 71.8 Å². The third-order valence-corrected chi connectivity index (χ3v) is 6.35. The van der Waals surface area contributed by atoms with Crippen molar-refractivity contribution in [2.24, 2.45) is 0 Å². The minimum atomic E-state index is -1.24. The second-order valence-corrected chi connectivity index (χ2v) is 9.06. The molecule has 196 valence electrons. The number of amides is 3.